The molecule has 0 N–H and O–H groups in total. The Labute approximate surface area is 166 Å². The Morgan fingerprint density at radius 1 is 0.679 bits per heavy atom. The van der Waals surface area contributed by atoms with Gasteiger partial charge in [0.1, 0.15) is 0 Å². The molecule has 4 rings (SSSR count). The molecule has 1 aliphatic heterocycles. The maximum Gasteiger partial charge on any atom is 0.0984 e. The van der Waals surface area contributed by atoms with Gasteiger partial charge in [0.15, 0.2) is 0 Å². The van der Waals surface area contributed by atoms with E-state index in [0.29, 0.717) is 11.7 Å². The van der Waals surface area contributed by atoms with Gasteiger partial charge in [0.25, 0.3) is 0 Å². The highest BCUT2D eigenvalue weighted by Gasteiger charge is 2.41. The molecule has 0 aliphatic carbocycles. The zero-order chi connectivity index (χ0) is 19.6. The monoisotopic (exact) mass is 366 g/mol. The van der Waals surface area contributed by atoms with Crippen LogP contribution in [0.3, 0.4) is 0 Å². The summed E-state index contributed by atoms with van der Waals surface area (Å²) in [5, 5.41) is 5.16. The van der Waals surface area contributed by atoms with E-state index in [0.717, 1.165) is 16.7 Å². The van der Waals surface area contributed by atoms with Crippen molar-refractivity contribution in [1.82, 2.24) is 0 Å². The Balaban J connectivity index is 1.96. The minimum absolute atomic E-state index is 0.246. The molecule has 0 amide bonds. The molecule has 3 nitrogen and oxygen atoms in total. The van der Waals surface area contributed by atoms with Crippen molar-refractivity contribution in [2.24, 2.45) is 15.4 Å². The first kappa shape index (κ1) is 18.2. The molecule has 0 saturated heterocycles. The molecule has 140 valence electrons. The van der Waals surface area contributed by atoms with Crippen LogP contribution >= 0.6 is 0 Å². The second kappa shape index (κ2) is 7.08. The van der Waals surface area contributed by atoms with Gasteiger partial charge in [-0.3, -0.25) is 4.99 Å². The van der Waals surface area contributed by atoms with E-state index in [9.17, 15) is 0 Å². The van der Waals surface area contributed by atoms with E-state index in [4.69, 9.17) is 15.3 Å². The summed E-state index contributed by atoms with van der Waals surface area (Å²) in [5.74, 6) is 1.43. The van der Waals surface area contributed by atoms with Crippen LogP contribution in [0.15, 0.2) is 101 Å². The molecule has 28 heavy (non-hydrogen) atoms. The average Bonchev–Trinajstić information content (AvgIpc) is 2.74. The summed E-state index contributed by atoms with van der Waals surface area (Å²) in [7, 11) is 0. The van der Waals surface area contributed by atoms with Crippen LogP contribution in [0, 0.1) is 5.41 Å². The molecule has 0 saturated carbocycles. The highest BCUT2D eigenvalue weighted by atomic mass is 15.3. The molecule has 1 atom stereocenters. The SMILES string of the molecule is CC(C)(C)C1(c2ccccc2)N=C(c2ccccc2)N=C(c2ccccc2)[N-]1. The topological polar surface area (TPSA) is 38.8 Å². The Morgan fingerprint density at radius 2 is 1.18 bits per heavy atom. The number of hydrogen-bond acceptors (Lipinski definition) is 2. The van der Waals surface area contributed by atoms with Crippen LogP contribution in [-0.2, 0) is 5.66 Å². The van der Waals surface area contributed by atoms with Crippen molar-refractivity contribution in [2.75, 3.05) is 0 Å². The molecule has 1 unspecified atom stereocenters. The fourth-order valence-electron chi connectivity index (χ4n) is 3.48. The second-order valence-electron chi connectivity index (χ2n) is 8.00. The van der Waals surface area contributed by atoms with Crippen molar-refractivity contribution in [1.29, 1.82) is 0 Å². The predicted octanol–water partition coefficient (Wildman–Crippen LogP) is 6.17. The Kier molecular flexibility index (Phi) is 4.60. The smallest absolute Gasteiger partial charge is 0.0984 e. The van der Waals surface area contributed by atoms with Crippen molar-refractivity contribution in [2.45, 2.75) is 26.4 Å². The van der Waals surface area contributed by atoms with Crippen LogP contribution in [0.4, 0.5) is 0 Å². The first-order valence-corrected chi connectivity index (χ1v) is 9.57. The summed E-state index contributed by atoms with van der Waals surface area (Å²) in [4.78, 5) is 10.0. The van der Waals surface area contributed by atoms with Gasteiger partial charge in [0.2, 0.25) is 0 Å². The Morgan fingerprint density at radius 3 is 1.71 bits per heavy atom. The predicted molar refractivity (Wildman–Crippen MR) is 117 cm³/mol. The van der Waals surface area contributed by atoms with Gasteiger partial charge in [0, 0.05) is 0 Å². The van der Waals surface area contributed by atoms with E-state index in [-0.39, 0.29) is 5.41 Å². The number of amidine groups is 2. The summed E-state index contributed by atoms with van der Waals surface area (Å²) >= 11 is 0. The van der Waals surface area contributed by atoms with Gasteiger partial charge >= 0.3 is 0 Å². The summed E-state index contributed by atoms with van der Waals surface area (Å²) in [6, 6.07) is 30.6. The maximum atomic E-state index is 5.16. The lowest BCUT2D eigenvalue weighted by Gasteiger charge is -2.51. The quantitative estimate of drug-likeness (QED) is 0.532. The number of aliphatic imine (C=N–C) groups is 2. The lowest BCUT2D eigenvalue weighted by molar-refractivity contribution is 0.238. The molecule has 0 spiro atoms. The fourth-order valence-corrected chi connectivity index (χ4v) is 3.48. The van der Waals surface area contributed by atoms with Gasteiger partial charge in [-0.25, -0.2) is 0 Å². The Hall–Kier alpha value is -3.20. The first-order chi connectivity index (χ1) is 13.5. The normalized spacial score (nSPS) is 19.4. The highest BCUT2D eigenvalue weighted by molar-refractivity contribution is 6.19. The first-order valence-electron chi connectivity index (χ1n) is 9.57. The number of benzene rings is 3. The van der Waals surface area contributed by atoms with Crippen LogP contribution < -0.4 is 0 Å². The molecule has 3 heteroatoms. The summed E-state index contributed by atoms with van der Waals surface area (Å²) in [6.45, 7) is 6.55. The van der Waals surface area contributed by atoms with Gasteiger partial charge in [0.05, 0.1) is 11.5 Å². The molecule has 1 aliphatic rings. The van der Waals surface area contributed by atoms with E-state index in [1.165, 1.54) is 0 Å². The molecular formula is C25H24N3-. The van der Waals surface area contributed by atoms with Gasteiger partial charge in [-0.05, 0) is 22.1 Å². The maximum absolute atomic E-state index is 5.16. The van der Waals surface area contributed by atoms with Crippen molar-refractivity contribution < 1.29 is 0 Å². The van der Waals surface area contributed by atoms with E-state index in [1.807, 2.05) is 54.6 Å². The summed E-state index contributed by atoms with van der Waals surface area (Å²) in [6.07, 6.45) is 0. The third-order valence-corrected chi connectivity index (χ3v) is 5.03. The number of rotatable bonds is 3. The zero-order valence-electron chi connectivity index (χ0n) is 16.5. The molecule has 0 bridgehead atoms. The largest absolute Gasteiger partial charge is 0.435 e. The third-order valence-electron chi connectivity index (χ3n) is 5.03. The van der Waals surface area contributed by atoms with Gasteiger partial charge in [-0.1, -0.05) is 118 Å². The van der Waals surface area contributed by atoms with E-state index in [1.54, 1.807) is 0 Å². The number of hydrogen-bond donors (Lipinski definition) is 0. The van der Waals surface area contributed by atoms with Gasteiger partial charge in [-0.2, -0.15) is 0 Å². The van der Waals surface area contributed by atoms with E-state index < -0.39 is 5.66 Å². The molecule has 3 aromatic carbocycles. The molecular weight excluding hydrogens is 342 g/mol. The van der Waals surface area contributed by atoms with Crippen molar-refractivity contribution in [3.05, 3.63) is 113 Å². The van der Waals surface area contributed by atoms with Gasteiger partial charge < -0.3 is 10.3 Å². The van der Waals surface area contributed by atoms with Crippen LogP contribution in [0.2, 0.25) is 0 Å². The summed E-state index contributed by atoms with van der Waals surface area (Å²) in [5.41, 5.74) is 2.06. The molecule has 0 radical (unpaired) electrons. The van der Waals surface area contributed by atoms with Crippen LogP contribution in [-0.4, -0.2) is 11.7 Å². The molecule has 1 heterocycles. The highest BCUT2D eigenvalue weighted by Crippen LogP contribution is 2.49. The number of nitrogens with zero attached hydrogens (tertiary/aromatic N) is 3. The van der Waals surface area contributed by atoms with Crippen LogP contribution in [0.1, 0.15) is 37.5 Å². The standard InChI is InChI=1S/C25H24N3/c1-24(2,3)25(21-17-11-6-12-18-21)27-22(19-13-7-4-8-14-19)26-23(28-25)20-15-9-5-10-16-20/h4-18H,1-3H3/q-1. The molecule has 3 aromatic rings. The lowest BCUT2D eigenvalue weighted by Crippen LogP contribution is -2.42. The van der Waals surface area contributed by atoms with Gasteiger partial charge in [-0.15, -0.1) is 0 Å². The van der Waals surface area contributed by atoms with Crippen LogP contribution in [0.5, 0.6) is 0 Å². The molecule has 0 aromatic heterocycles. The Bertz CT molecular complexity index is 1000. The second-order valence-corrected chi connectivity index (χ2v) is 8.00. The van der Waals surface area contributed by atoms with Crippen molar-refractivity contribution in [3.8, 4) is 0 Å². The molecule has 0 fully saturated rings. The van der Waals surface area contributed by atoms with E-state index in [2.05, 4.69) is 57.2 Å². The minimum atomic E-state index is -0.758. The zero-order valence-corrected chi connectivity index (χ0v) is 16.5. The van der Waals surface area contributed by atoms with Crippen molar-refractivity contribution in [3.63, 3.8) is 0 Å². The third kappa shape index (κ3) is 3.24. The lowest BCUT2D eigenvalue weighted by atomic mass is 9.75. The average molecular weight is 366 g/mol. The van der Waals surface area contributed by atoms with E-state index >= 15 is 0 Å². The fraction of sp³-hybridized carbons (Fsp3) is 0.200. The summed E-state index contributed by atoms with van der Waals surface area (Å²) < 4.78 is 0. The van der Waals surface area contributed by atoms with Crippen LogP contribution in [0.25, 0.3) is 5.32 Å². The minimum Gasteiger partial charge on any atom is -0.435 e. The van der Waals surface area contributed by atoms with Crippen molar-refractivity contribution >= 4 is 11.7 Å².